The van der Waals surface area contributed by atoms with Gasteiger partial charge in [-0.25, -0.2) is 9.97 Å². The van der Waals surface area contributed by atoms with Crippen molar-refractivity contribution in [2.45, 2.75) is 39.4 Å². The van der Waals surface area contributed by atoms with Crippen LogP contribution in [0.15, 0.2) is 36.5 Å². The largest absolute Gasteiger partial charge is 0.367 e. The number of nitrogens with zero attached hydrogens (tertiary/aromatic N) is 6. The lowest BCUT2D eigenvalue weighted by molar-refractivity contribution is -0.136. The zero-order valence-electron chi connectivity index (χ0n) is 21.0. The maximum Gasteiger partial charge on any atom is 0.245 e. The lowest BCUT2D eigenvalue weighted by atomic mass is 9.79. The third-order valence-corrected chi connectivity index (χ3v) is 8.91. The van der Waals surface area contributed by atoms with Gasteiger partial charge in [-0.15, -0.1) is 11.3 Å². The third-order valence-electron chi connectivity index (χ3n) is 7.88. The maximum atomic E-state index is 12.0. The highest BCUT2D eigenvalue weighted by atomic mass is 32.1. The highest BCUT2D eigenvalue weighted by Crippen LogP contribution is 2.45. The van der Waals surface area contributed by atoms with E-state index in [1.807, 2.05) is 36.4 Å². The number of hydrogen-bond acceptors (Lipinski definition) is 8. The molecule has 8 nitrogen and oxygen atoms in total. The van der Waals surface area contributed by atoms with Crippen LogP contribution in [-0.4, -0.2) is 51.9 Å². The van der Waals surface area contributed by atoms with Crippen molar-refractivity contribution in [2.75, 3.05) is 31.1 Å². The van der Waals surface area contributed by atoms with E-state index >= 15 is 0 Å². The maximum absolute atomic E-state index is 12.0. The third kappa shape index (κ3) is 3.92. The SMILES string of the molecule is C=CC(=O)N1CC2(CCN(c3nc4c(c(-c5ncccc5C)c3C#N)CO[C@H](c3scnc3C)C4)C2)C1. The zero-order chi connectivity index (χ0) is 25.7. The number of carbonyl (C=O) groups is 1. The van der Waals surface area contributed by atoms with Gasteiger partial charge < -0.3 is 14.5 Å². The molecule has 1 amide bonds. The number of aromatic nitrogens is 3. The lowest BCUT2D eigenvalue weighted by Crippen LogP contribution is -2.59. The van der Waals surface area contributed by atoms with E-state index in [-0.39, 0.29) is 17.4 Å². The van der Waals surface area contributed by atoms with Crippen molar-refractivity contribution in [1.82, 2.24) is 19.9 Å². The Balaban J connectivity index is 1.42. The van der Waals surface area contributed by atoms with Crippen LogP contribution in [0.2, 0.25) is 0 Å². The first-order valence-corrected chi connectivity index (χ1v) is 13.4. The molecule has 0 aliphatic carbocycles. The Morgan fingerprint density at radius 3 is 2.86 bits per heavy atom. The summed E-state index contributed by atoms with van der Waals surface area (Å²) in [6, 6.07) is 6.41. The Morgan fingerprint density at radius 2 is 2.16 bits per heavy atom. The summed E-state index contributed by atoms with van der Waals surface area (Å²) in [4.78, 5) is 31.5. The minimum atomic E-state index is -0.110. The number of fused-ring (bicyclic) bond motifs is 1. The number of hydrogen-bond donors (Lipinski definition) is 0. The summed E-state index contributed by atoms with van der Waals surface area (Å²) in [6.07, 6.45) is 4.62. The van der Waals surface area contributed by atoms with Crippen molar-refractivity contribution in [3.8, 4) is 17.3 Å². The summed E-state index contributed by atoms with van der Waals surface area (Å²) < 4.78 is 6.34. The zero-order valence-corrected chi connectivity index (χ0v) is 21.8. The molecule has 0 radical (unpaired) electrons. The van der Waals surface area contributed by atoms with Gasteiger partial charge in [0.25, 0.3) is 0 Å². The molecule has 6 heterocycles. The molecule has 2 fully saturated rings. The molecule has 9 heteroatoms. The minimum Gasteiger partial charge on any atom is -0.367 e. The van der Waals surface area contributed by atoms with Crippen molar-refractivity contribution < 1.29 is 9.53 Å². The van der Waals surface area contributed by atoms with E-state index in [0.29, 0.717) is 37.5 Å². The smallest absolute Gasteiger partial charge is 0.245 e. The molecule has 0 saturated carbocycles. The molecule has 0 N–H and O–H groups in total. The molecule has 3 aliphatic rings. The van der Waals surface area contributed by atoms with Crippen molar-refractivity contribution >= 4 is 23.1 Å². The number of likely N-dealkylation sites (tertiary alicyclic amines) is 1. The average molecular weight is 513 g/mol. The topological polar surface area (TPSA) is 95.2 Å². The molecule has 2 saturated heterocycles. The number of nitriles is 1. The Bertz CT molecular complexity index is 1450. The molecule has 0 bridgehead atoms. The molecule has 3 aromatic rings. The van der Waals surface area contributed by atoms with Crippen LogP contribution in [0.3, 0.4) is 0 Å². The van der Waals surface area contributed by atoms with Gasteiger partial charge in [-0.2, -0.15) is 5.26 Å². The van der Waals surface area contributed by atoms with Crippen LogP contribution in [0.4, 0.5) is 5.82 Å². The number of carbonyl (C=O) groups excluding carboxylic acids is 1. The molecule has 3 aromatic heterocycles. The summed E-state index contributed by atoms with van der Waals surface area (Å²) in [7, 11) is 0. The van der Waals surface area contributed by atoms with E-state index in [4.69, 9.17) is 14.7 Å². The van der Waals surface area contributed by atoms with Crippen molar-refractivity contribution in [1.29, 1.82) is 5.26 Å². The number of thiazole rings is 1. The molecule has 3 aliphatic heterocycles. The Hall–Kier alpha value is -3.61. The lowest BCUT2D eigenvalue weighted by Gasteiger charge is -2.47. The van der Waals surface area contributed by atoms with Gasteiger partial charge in [-0.3, -0.25) is 9.78 Å². The summed E-state index contributed by atoms with van der Waals surface area (Å²) in [5.74, 6) is 0.694. The van der Waals surface area contributed by atoms with Crippen LogP contribution >= 0.6 is 11.3 Å². The standard InChI is InChI=1S/C28H28N6O2S/c1-4-23(35)34-14-28(15-34)7-9-33(13-28)27-19(11-29)24(25-17(2)6-5-8-30-25)20-12-36-22(10-21(20)32-27)26-18(3)31-16-37-26/h4-6,8,16,22H,1,7,9-10,12-15H2,2-3H3/t22-/m0/s1. The fourth-order valence-corrected chi connectivity index (χ4v) is 6.81. The first-order chi connectivity index (χ1) is 17.9. The van der Waals surface area contributed by atoms with Gasteiger partial charge in [0.15, 0.2) is 0 Å². The fraction of sp³-hybridized carbons (Fsp3) is 0.393. The van der Waals surface area contributed by atoms with E-state index in [0.717, 1.165) is 58.2 Å². The molecule has 0 unspecified atom stereocenters. The van der Waals surface area contributed by atoms with E-state index < -0.39 is 0 Å². The van der Waals surface area contributed by atoms with Crippen molar-refractivity contribution in [2.24, 2.45) is 5.41 Å². The average Bonchev–Trinajstić information content (AvgIpc) is 3.53. The van der Waals surface area contributed by atoms with Gasteiger partial charge in [0.2, 0.25) is 5.91 Å². The van der Waals surface area contributed by atoms with Crippen LogP contribution in [0.5, 0.6) is 0 Å². The number of rotatable bonds is 4. The molecule has 188 valence electrons. The summed E-state index contributed by atoms with van der Waals surface area (Å²) in [6.45, 7) is 11.0. The number of amides is 1. The monoisotopic (exact) mass is 512 g/mol. The van der Waals surface area contributed by atoms with E-state index in [1.54, 1.807) is 17.5 Å². The quantitative estimate of drug-likeness (QED) is 0.485. The molecule has 1 atom stereocenters. The molecule has 1 spiro atoms. The van der Waals surface area contributed by atoms with Crippen molar-refractivity contribution in [3.63, 3.8) is 0 Å². The second-order valence-electron chi connectivity index (χ2n) is 10.3. The Morgan fingerprint density at radius 1 is 1.32 bits per heavy atom. The van der Waals surface area contributed by atoms with Crippen LogP contribution < -0.4 is 4.90 Å². The fourth-order valence-electron chi connectivity index (χ4n) is 5.96. The Labute approximate surface area is 220 Å². The molecule has 6 rings (SSSR count). The van der Waals surface area contributed by atoms with Gasteiger partial charge >= 0.3 is 0 Å². The predicted molar refractivity (Wildman–Crippen MR) is 141 cm³/mol. The highest BCUT2D eigenvalue weighted by molar-refractivity contribution is 7.09. The van der Waals surface area contributed by atoms with Crippen LogP contribution in [0.1, 0.15) is 45.5 Å². The summed E-state index contributed by atoms with van der Waals surface area (Å²) in [5, 5.41) is 10.4. The van der Waals surface area contributed by atoms with Gasteiger partial charge in [0, 0.05) is 55.3 Å². The van der Waals surface area contributed by atoms with Crippen LogP contribution in [0, 0.1) is 30.6 Å². The van der Waals surface area contributed by atoms with Crippen LogP contribution in [0.25, 0.3) is 11.3 Å². The second kappa shape index (κ2) is 9.05. The Kier molecular flexibility index (Phi) is 5.81. The molecule has 0 aromatic carbocycles. The number of pyridine rings is 2. The first-order valence-electron chi connectivity index (χ1n) is 12.5. The highest BCUT2D eigenvalue weighted by Gasteiger charge is 2.49. The predicted octanol–water partition coefficient (Wildman–Crippen LogP) is 4.13. The van der Waals surface area contributed by atoms with E-state index in [2.05, 4.69) is 22.5 Å². The summed E-state index contributed by atoms with van der Waals surface area (Å²) in [5.41, 5.74) is 7.96. The number of anilines is 1. The molecular weight excluding hydrogens is 484 g/mol. The van der Waals surface area contributed by atoms with E-state index in [1.165, 1.54) is 6.08 Å². The van der Waals surface area contributed by atoms with Gasteiger partial charge in [0.1, 0.15) is 17.5 Å². The number of ether oxygens (including phenoxy) is 1. The first kappa shape index (κ1) is 23.8. The van der Waals surface area contributed by atoms with Gasteiger partial charge in [-0.1, -0.05) is 12.6 Å². The summed E-state index contributed by atoms with van der Waals surface area (Å²) >= 11 is 1.61. The van der Waals surface area contributed by atoms with Gasteiger partial charge in [0.05, 0.1) is 40.2 Å². The minimum absolute atomic E-state index is 0.0222. The van der Waals surface area contributed by atoms with Gasteiger partial charge in [-0.05, 0) is 38.0 Å². The second-order valence-corrected chi connectivity index (χ2v) is 11.2. The molecular formula is C28H28N6O2S. The molecule has 37 heavy (non-hydrogen) atoms. The number of aryl methyl sites for hydroxylation is 2. The normalized spacial score (nSPS) is 19.9. The van der Waals surface area contributed by atoms with E-state index in [9.17, 15) is 10.1 Å². The van der Waals surface area contributed by atoms with Crippen molar-refractivity contribution in [3.05, 3.63) is 69.5 Å². The van der Waals surface area contributed by atoms with Crippen LogP contribution in [-0.2, 0) is 22.6 Å².